The van der Waals surface area contributed by atoms with Crippen molar-refractivity contribution in [1.29, 1.82) is 0 Å². The van der Waals surface area contributed by atoms with Crippen molar-refractivity contribution in [3.05, 3.63) is 60.2 Å². The maximum atomic E-state index is 13.4. The van der Waals surface area contributed by atoms with Crippen LogP contribution in [0.4, 0.5) is 5.69 Å². The molecule has 43 heavy (non-hydrogen) atoms. The van der Waals surface area contributed by atoms with Crippen LogP contribution in [0.2, 0.25) is 0 Å². The first-order valence-electron chi connectivity index (χ1n) is 14.7. The molecule has 0 bridgehead atoms. The minimum atomic E-state index is -0.959. The molecule has 3 rings (SSSR count). The quantitative estimate of drug-likeness (QED) is 0.212. The summed E-state index contributed by atoms with van der Waals surface area (Å²) in [5, 5.41) is 11.6. The van der Waals surface area contributed by atoms with E-state index >= 15 is 0 Å². The van der Waals surface area contributed by atoms with E-state index in [4.69, 9.17) is 9.47 Å². The second-order valence-corrected chi connectivity index (χ2v) is 11.6. The molecule has 2 aromatic carbocycles. The second-order valence-electron chi connectivity index (χ2n) is 10.6. The third-order valence-corrected chi connectivity index (χ3v) is 8.23. The van der Waals surface area contributed by atoms with Crippen LogP contribution in [-0.2, 0) is 30.3 Å². The average molecular weight is 613 g/mol. The van der Waals surface area contributed by atoms with E-state index in [1.54, 1.807) is 18.9 Å². The molecule has 3 amide bonds. The van der Waals surface area contributed by atoms with Crippen molar-refractivity contribution in [3.63, 3.8) is 0 Å². The van der Waals surface area contributed by atoms with Gasteiger partial charge in [0.15, 0.2) is 0 Å². The van der Waals surface area contributed by atoms with Gasteiger partial charge in [0, 0.05) is 12.1 Å². The molecule has 0 heterocycles. The van der Waals surface area contributed by atoms with Gasteiger partial charge in [-0.2, -0.15) is 11.8 Å². The van der Waals surface area contributed by atoms with Gasteiger partial charge in [0.1, 0.15) is 23.9 Å². The first-order chi connectivity index (χ1) is 20.8. The number of hydrogen-bond acceptors (Lipinski definition) is 8. The number of methoxy groups -OCH3 is 2. The van der Waals surface area contributed by atoms with E-state index in [1.807, 2.05) is 60.9 Å². The summed E-state index contributed by atoms with van der Waals surface area (Å²) in [7, 11) is 2.87. The maximum absolute atomic E-state index is 13.4. The lowest BCUT2D eigenvalue weighted by atomic mass is 9.83. The van der Waals surface area contributed by atoms with Crippen molar-refractivity contribution in [2.75, 3.05) is 38.1 Å². The van der Waals surface area contributed by atoms with Crippen molar-refractivity contribution < 1.29 is 28.7 Å². The molecule has 4 N–H and O–H groups in total. The van der Waals surface area contributed by atoms with E-state index in [0.29, 0.717) is 12.2 Å². The summed E-state index contributed by atoms with van der Waals surface area (Å²) >= 11 is 1.55. The van der Waals surface area contributed by atoms with Crippen LogP contribution in [0.5, 0.6) is 5.75 Å². The normalized spacial score (nSPS) is 15.3. The van der Waals surface area contributed by atoms with Gasteiger partial charge in [0.25, 0.3) is 0 Å². The van der Waals surface area contributed by atoms with Crippen molar-refractivity contribution in [2.45, 2.75) is 63.1 Å². The lowest BCUT2D eigenvalue weighted by Crippen LogP contribution is -2.55. The number of benzene rings is 2. The fourth-order valence-electron chi connectivity index (χ4n) is 5.21. The fourth-order valence-corrected chi connectivity index (χ4v) is 5.68. The van der Waals surface area contributed by atoms with E-state index in [1.165, 1.54) is 7.11 Å². The van der Waals surface area contributed by atoms with E-state index in [9.17, 15) is 19.2 Å². The van der Waals surface area contributed by atoms with Gasteiger partial charge in [-0.05, 0) is 67.0 Å². The fraction of sp³-hybridized carbons (Fsp3) is 0.500. The number of anilines is 1. The van der Waals surface area contributed by atoms with Gasteiger partial charge in [-0.1, -0.05) is 49.6 Å². The molecule has 1 aliphatic rings. The molecular weight excluding hydrogens is 568 g/mol. The van der Waals surface area contributed by atoms with Crippen LogP contribution >= 0.6 is 11.8 Å². The van der Waals surface area contributed by atoms with Crippen molar-refractivity contribution in [2.24, 2.45) is 5.92 Å². The second kappa shape index (κ2) is 18.0. The van der Waals surface area contributed by atoms with E-state index < -0.39 is 35.9 Å². The predicted molar refractivity (Wildman–Crippen MR) is 169 cm³/mol. The third kappa shape index (κ3) is 11.1. The number of carbonyl (C=O) groups is 4. The third-order valence-electron chi connectivity index (χ3n) is 7.59. The zero-order valence-corrected chi connectivity index (χ0v) is 26.0. The van der Waals surface area contributed by atoms with Crippen molar-refractivity contribution in [3.8, 4) is 5.75 Å². The monoisotopic (exact) mass is 612 g/mol. The molecular formula is C32H44N4O6S. The summed E-state index contributed by atoms with van der Waals surface area (Å²) in [6.07, 6.45) is 7.62. The topological polar surface area (TPSA) is 135 Å². The summed E-state index contributed by atoms with van der Waals surface area (Å²) in [6.45, 7) is -0.294. The van der Waals surface area contributed by atoms with Crippen LogP contribution in [0.25, 0.3) is 0 Å². The average Bonchev–Trinajstić information content (AvgIpc) is 3.04. The molecule has 0 aromatic heterocycles. The standard InChI is InChI=1S/C32H44N4O6S/c1-41-25-16-14-24(15-17-25)34-29(23-12-8-5-9-13-23)31(39)33-21-28(37)35-27(20-22-10-6-4-7-11-22)30(38)36-26(18-19-43-3)32(40)42-2/h4,6-7,10-11,14-17,23,26-27,29,34H,5,8-9,12-13,18-21H2,1-3H3,(H,33,39)(H,35,37)(H,36,38)/t26?,27-,29?/m0/s1. The molecule has 0 radical (unpaired) electrons. The molecule has 3 atom stereocenters. The predicted octanol–water partition coefficient (Wildman–Crippen LogP) is 3.31. The van der Waals surface area contributed by atoms with Crippen molar-refractivity contribution >= 4 is 41.1 Å². The highest BCUT2D eigenvalue weighted by Gasteiger charge is 2.31. The zero-order valence-electron chi connectivity index (χ0n) is 25.2. The molecule has 10 nitrogen and oxygen atoms in total. The lowest BCUT2D eigenvalue weighted by Gasteiger charge is -2.31. The number of ether oxygens (including phenoxy) is 2. The number of rotatable bonds is 16. The number of hydrogen-bond donors (Lipinski definition) is 4. The molecule has 234 valence electrons. The molecule has 0 spiro atoms. The SMILES string of the molecule is COC(=O)C(CCSC)NC(=O)[C@H](Cc1ccccc1)NC(=O)CNC(=O)C(Nc1ccc(OC)cc1)C1CCCCC1. The summed E-state index contributed by atoms with van der Waals surface area (Å²) < 4.78 is 10.1. The van der Waals surface area contributed by atoms with Crippen LogP contribution in [0.15, 0.2) is 54.6 Å². The minimum absolute atomic E-state index is 0.132. The maximum Gasteiger partial charge on any atom is 0.328 e. The number of carbonyl (C=O) groups excluding carboxylic acids is 4. The zero-order chi connectivity index (χ0) is 31.0. The van der Waals surface area contributed by atoms with Crippen LogP contribution < -0.4 is 26.0 Å². The highest BCUT2D eigenvalue weighted by atomic mass is 32.2. The Labute approximate surface area is 258 Å². The van der Waals surface area contributed by atoms with Gasteiger partial charge in [-0.25, -0.2) is 4.79 Å². The largest absolute Gasteiger partial charge is 0.497 e. The number of amides is 3. The van der Waals surface area contributed by atoms with Gasteiger partial charge in [0.2, 0.25) is 17.7 Å². The van der Waals surface area contributed by atoms with Crippen LogP contribution in [0.3, 0.4) is 0 Å². The van der Waals surface area contributed by atoms with E-state index in [0.717, 1.165) is 49.1 Å². The van der Waals surface area contributed by atoms with Gasteiger partial charge in [-0.3, -0.25) is 14.4 Å². The summed E-state index contributed by atoms with van der Waals surface area (Å²) in [5.74, 6) is -0.322. The first-order valence-corrected chi connectivity index (χ1v) is 16.1. The lowest BCUT2D eigenvalue weighted by molar-refractivity contribution is -0.145. The Hall–Kier alpha value is -3.73. The van der Waals surface area contributed by atoms with Crippen LogP contribution in [0.1, 0.15) is 44.1 Å². The number of nitrogens with one attached hydrogen (secondary N) is 4. The molecule has 1 aliphatic carbocycles. The van der Waals surface area contributed by atoms with Gasteiger partial charge in [0.05, 0.1) is 20.8 Å². The van der Waals surface area contributed by atoms with Crippen molar-refractivity contribution in [1.82, 2.24) is 16.0 Å². The van der Waals surface area contributed by atoms with Crippen LogP contribution in [-0.4, -0.2) is 74.6 Å². The minimum Gasteiger partial charge on any atom is -0.497 e. The Morgan fingerprint density at radius 2 is 1.58 bits per heavy atom. The molecule has 0 aliphatic heterocycles. The Morgan fingerprint density at radius 3 is 2.21 bits per heavy atom. The molecule has 11 heteroatoms. The van der Waals surface area contributed by atoms with E-state index in [2.05, 4.69) is 21.3 Å². The molecule has 2 aromatic rings. The van der Waals surface area contributed by atoms with Crippen LogP contribution in [0, 0.1) is 5.92 Å². The molecule has 2 unspecified atom stereocenters. The number of thioether (sulfide) groups is 1. The Balaban J connectivity index is 1.67. The summed E-state index contributed by atoms with van der Waals surface area (Å²) in [4.78, 5) is 52.2. The number of esters is 1. The van der Waals surface area contributed by atoms with E-state index in [-0.39, 0.29) is 24.8 Å². The molecule has 0 saturated heterocycles. The van der Waals surface area contributed by atoms with Gasteiger partial charge in [-0.15, -0.1) is 0 Å². The smallest absolute Gasteiger partial charge is 0.328 e. The van der Waals surface area contributed by atoms with Gasteiger partial charge < -0.3 is 30.7 Å². The molecule has 1 fully saturated rings. The summed E-state index contributed by atoms with van der Waals surface area (Å²) in [5.41, 5.74) is 1.63. The Morgan fingerprint density at radius 1 is 0.884 bits per heavy atom. The molecule has 1 saturated carbocycles. The highest BCUT2D eigenvalue weighted by molar-refractivity contribution is 7.98. The van der Waals surface area contributed by atoms with Gasteiger partial charge >= 0.3 is 5.97 Å². The highest BCUT2D eigenvalue weighted by Crippen LogP contribution is 2.29. The summed E-state index contributed by atoms with van der Waals surface area (Å²) in [6, 6.07) is 14.4. The first kappa shape index (κ1) is 33.8. The Bertz CT molecular complexity index is 1170. The Kier molecular flexibility index (Phi) is 14.2.